The molecule has 5 rings (SSSR count). The number of H-pyrrole nitrogens is 1. The zero-order valence-electron chi connectivity index (χ0n) is 18.5. The normalized spacial score (nSPS) is 20.1. The summed E-state index contributed by atoms with van der Waals surface area (Å²) in [6.45, 7) is 0.0234. The van der Waals surface area contributed by atoms with Gasteiger partial charge in [0.2, 0.25) is 0 Å². The number of hydrogen-bond donors (Lipinski definition) is 1. The molecule has 1 aliphatic heterocycles. The van der Waals surface area contributed by atoms with Crippen LogP contribution in [-0.4, -0.2) is 46.6 Å². The third-order valence-corrected chi connectivity index (χ3v) is 6.53. The van der Waals surface area contributed by atoms with Crippen molar-refractivity contribution in [3.05, 3.63) is 71.5 Å². The Morgan fingerprint density at radius 1 is 1.18 bits per heavy atom. The number of likely N-dealkylation sites (tertiary alicyclic amines) is 1. The number of aromatic amines is 1. The Morgan fingerprint density at radius 3 is 2.76 bits per heavy atom. The molecule has 2 heterocycles. The third-order valence-electron chi connectivity index (χ3n) is 6.53. The number of ketones is 1. The second-order valence-corrected chi connectivity index (χ2v) is 8.90. The maximum absolute atomic E-state index is 14.5. The van der Waals surface area contributed by atoms with Gasteiger partial charge in [0.05, 0.1) is 25.9 Å². The van der Waals surface area contributed by atoms with Gasteiger partial charge in [-0.1, -0.05) is 18.2 Å². The van der Waals surface area contributed by atoms with E-state index < -0.39 is 12.2 Å². The molecule has 1 unspecified atom stereocenters. The predicted molar refractivity (Wildman–Crippen MR) is 122 cm³/mol. The van der Waals surface area contributed by atoms with Gasteiger partial charge in [0.15, 0.2) is 5.78 Å². The quantitative estimate of drug-likeness (QED) is 0.518. The Kier molecular flexibility index (Phi) is 5.70. The van der Waals surface area contributed by atoms with Gasteiger partial charge in [0.1, 0.15) is 11.9 Å². The first-order valence-electron chi connectivity index (χ1n) is 11.3. The highest BCUT2D eigenvalue weighted by Crippen LogP contribution is 2.38. The van der Waals surface area contributed by atoms with Gasteiger partial charge in [0, 0.05) is 41.3 Å². The molecule has 1 aromatic heterocycles. The van der Waals surface area contributed by atoms with E-state index in [-0.39, 0.29) is 24.7 Å². The van der Waals surface area contributed by atoms with Gasteiger partial charge < -0.3 is 9.64 Å². The zero-order chi connectivity index (χ0) is 22.9. The van der Waals surface area contributed by atoms with Crippen LogP contribution in [0.1, 0.15) is 58.0 Å². The lowest BCUT2D eigenvalue weighted by atomic mass is 9.97. The minimum absolute atomic E-state index is 0.0234. The lowest BCUT2D eigenvalue weighted by Crippen LogP contribution is -2.31. The van der Waals surface area contributed by atoms with Gasteiger partial charge in [-0.3, -0.25) is 14.7 Å². The van der Waals surface area contributed by atoms with Crippen LogP contribution in [-0.2, 0) is 0 Å². The van der Waals surface area contributed by atoms with Crippen LogP contribution in [0.5, 0.6) is 5.75 Å². The highest BCUT2D eigenvalue weighted by Gasteiger charge is 2.37. The Hall–Kier alpha value is -3.48. The molecule has 1 amide bonds. The first kappa shape index (κ1) is 21.4. The topological polar surface area (TPSA) is 75.3 Å². The fourth-order valence-corrected chi connectivity index (χ4v) is 4.57. The summed E-state index contributed by atoms with van der Waals surface area (Å²) in [5.74, 6) is 0.905. The van der Waals surface area contributed by atoms with Crippen molar-refractivity contribution in [2.75, 3.05) is 13.7 Å². The Balaban J connectivity index is 1.41. The summed E-state index contributed by atoms with van der Waals surface area (Å²) in [6, 6.07) is 12.1. The number of benzene rings is 2. The van der Waals surface area contributed by atoms with Gasteiger partial charge in [0.25, 0.3) is 5.91 Å². The molecule has 0 spiro atoms. The number of aromatic nitrogens is 2. The van der Waals surface area contributed by atoms with Crippen LogP contribution in [0, 0.1) is 5.92 Å². The number of hydrogen-bond acceptors (Lipinski definition) is 4. The minimum atomic E-state index is -1.11. The van der Waals surface area contributed by atoms with E-state index in [1.807, 2.05) is 30.3 Å². The van der Waals surface area contributed by atoms with Gasteiger partial charge in [-0.15, -0.1) is 0 Å². The van der Waals surface area contributed by atoms with Crippen LogP contribution in [0.2, 0.25) is 0 Å². The second-order valence-electron chi connectivity index (χ2n) is 8.90. The first-order chi connectivity index (χ1) is 16.0. The monoisotopic (exact) mass is 447 g/mol. The SMILES string of the molecule is COc1cc(C(=O)N2CC(F)C[C@@H]2c2cccc(C(=O)CC3CC3)c2)ccc1-c1cn[nH]c1. The van der Waals surface area contributed by atoms with E-state index >= 15 is 0 Å². The standard InChI is InChI=1S/C26H26FN3O3/c1-33-25-11-19(7-8-22(25)20-13-28-29-14-20)26(32)30-15-21(27)12-23(30)17-3-2-4-18(10-17)24(31)9-16-5-6-16/h2-4,7-8,10-11,13-14,16,21,23H,5-6,9,12,15H2,1H3,(H,28,29)/t21?,23-/m1/s1. The molecule has 6 nitrogen and oxygen atoms in total. The fourth-order valence-electron chi connectivity index (χ4n) is 4.57. The molecule has 1 saturated heterocycles. The number of alkyl halides is 1. The van der Waals surface area contributed by atoms with Crippen LogP contribution in [0.15, 0.2) is 54.9 Å². The molecule has 3 aromatic rings. The van der Waals surface area contributed by atoms with Crippen molar-refractivity contribution >= 4 is 11.7 Å². The van der Waals surface area contributed by atoms with Crippen molar-refractivity contribution < 1.29 is 18.7 Å². The zero-order valence-corrected chi connectivity index (χ0v) is 18.5. The van der Waals surface area contributed by atoms with E-state index in [1.54, 1.807) is 36.5 Å². The van der Waals surface area contributed by atoms with Crippen molar-refractivity contribution in [1.82, 2.24) is 15.1 Å². The number of rotatable bonds is 7. The van der Waals surface area contributed by atoms with Gasteiger partial charge in [-0.25, -0.2) is 4.39 Å². The summed E-state index contributed by atoms with van der Waals surface area (Å²) < 4.78 is 20.0. The number of carbonyl (C=O) groups excluding carboxylic acids is 2. The van der Waals surface area contributed by atoms with Crippen LogP contribution in [0.25, 0.3) is 11.1 Å². The maximum Gasteiger partial charge on any atom is 0.254 e. The average Bonchev–Trinajstić information content (AvgIpc) is 3.32. The van der Waals surface area contributed by atoms with Crippen LogP contribution < -0.4 is 4.74 Å². The van der Waals surface area contributed by atoms with Crippen molar-refractivity contribution in [2.45, 2.75) is 37.9 Å². The van der Waals surface area contributed by atoms with Gasteiger partial charge >= 0.3 is 0 Å². The summed E-state index contributed by atoms with van der Waals surface area (Å²) in [4.78, 5) is 27.6. The lowest BCUT2D eigenvalue weighted by molar-refractivity contribution is 0.0728. The highest BCUT2D eigenvalue weighted by atomic mass is 19.1. The van der Waals surface area contributed by atoms with Crippen molar-refractivity contribution in [2.24, 2.45) is 5.92 Å². The molecular formula is C26H26FN3O3. The van der Waals surface area contributed by atoms with E-state index in [9.17, 15) is 14.0 Å². The summed E-state index contributed by atoms with van der Waals surface area (Å²) >= 11 is 0. The number of halogens is 1. The van der Waals surface area contributed by atoms with E-state index in [1.165, 1.54) is 0 Å². The molecule has 2 atom stereocenters. The molecule has 0 bridgehead atoms. The van der Waals surface area contributed by atoms with E-state index in [0.29, 0.717) is 29.2 Å². The van der Waals surface area contributed by atoms with E-state index in [2.05, 4.69) is 10.2 Å². The number of Topliss-reactive ketones (excluding diaryl/α,β-unsaturated/α-hetero) is 1. The predicted octanol–water partition coefficient (Wildman–Crippen LogP) is 4.99. The Labute approximate surface area is 191 Å². The van der Waals surface area contributed by atoms with Crippen molar-refractivity contribution in [3.8, 4) is 16.9 Å². The molecule has 2 fully saturated rings. The summed E-state index contributed by atoms with van der Waals surface area (Å²) in [7, 11) is 1.55. The second kappa shape index (κ2) is 8.81. The van der Waals surface area contributed by atoms with Crippen LogP contribution in [0.4, 0.5) is 4.39 Å². The van der Waals surface area contributed by atoms with E-state index in [0.717, 1.165) is 29.5 Å². The third kappa shape index (κ3) is 4.40. The molecule has 33 heavy (non-hydrogen) atoms. The largest absolute Gasteiger partial charge is 0.496 e. The molecule has 170 valence electrons. The first-order valence-corrected chi connectivity index (χ1v) is 11.3. The van der Waals surface area contributed by atoms with Crippen LogP contribution in [0.3, 0.4) is 0 Å². The molecule has 2 aliphatic rings. The number of nitrogens with zero attached hydrogens (tertiary/aromatic N) is 2. The summed E-state index contributed by atoms with van der Waals surface area (Å²) in [6.07, 6.45) is 5.33. The number of nitrogens with one attached hydrogen (secondary N) is 1. The average molecular weight is 448 g/mol. The smallest absolute Gasteiger partial charge is 0.254 e. The number of methoxy groups -OCH3 is 1. The number of ether oxygens (including phenoxy) is 1. The molecule has 1 aliphatic carbocycles. The Bertz CT molecular complexity index is 1170. The number of amides is 1. The molecule has 7 heteroatoms. The van der Waals surface area contributed by atoms with Gasteiger partial charge in [-0.2, -0.15) is 5.10 Å². The van der Waals surface area contributed by atoms with Crippen LogP contribution >= 0.6 is 0 Å². The lowest BCUT2D eigenvalue weighted by Gasteiger charge is -2.25. The van der Waals surface area contributed by atoms with E-state index in [4.69, 9.17) is 4.74 Å². The number of carbonyl (C=O) groups is 2. The van der Waals surface area contributed by atoms with Crippen molar-refractivity contribution in [1.29, 1.82) is 0 Å². The summed E-state index contributed by atoms with van der Waals surface area (Å²) in [5.41, 5.74) is 3.53. The molecule has 1 N–H and O–H groups in total. The fraction of sp³-hybridized carbons (Fsp3) is 0.346. The minimum Gasteiger partial charge on any atom is -0.496 e. The summed E-state index contributed by atoms with van der Waals surface area (Å²) in [5, 5.41) is 6.73. The van der Waals surface area contributed by atoms with Gasteiger partial charge in [-0.05, 0) is 48.6 Å². The highest BCUT2D eigenvalue weighted by molar-refractivity contribution is 5.97. The Morgan fingerprint density at radius 2 is 2.03 bits per heavy atom. The maximum atomic E-state index is 14.5. The molecular weight excluding hydrogens is 421 g/mol. The van der Waals surface area contributed by atoms with Crippen molar-refractivity contribution in [3.63, 3.8) is 0 Å². The molecule has 0 radical (unpaired) electrons. The molecule has 2 aromatic carbocycles. The molecule has 1 saturated carbocycles.